The summed E-state index contributed by atoms with van der Waals surface area (Å²) in [6, 6.07) is 4.43. The third-order valence-corrected chi connectivity index (χ3v) is 4.36. The predicted molar refractivity (Wildman–Crippen MR) is 109 cm³/mol. The Balaban J connectivity index is 2.15. The van der Waals surface area contributed by atoms with E-state index in [2.05, 4.69) is 15.3 Å². The van der Waals surface area contributed by atoms with E-state index in [9.17, 15) is 9.59 Å². The molecule has 9 heteroatoms. The average molecular weight is 396 g/mol. The molecule has 2 N–H and O–H groups in total. The second-order valence-electron chi connectivity index (χ2n) is 6.08. The molecule has 1 aromatic carbocycles. The van der Waals surface area contributed by atoms with Crippen LogP contribution in [0.5, 0.6) is 11.5 Å². The van der Waals surface area contributed by atoms with Gasteiger partial charge < -0.3 is 24.5 Å². The third kappa shape index (κ3) is 3.62. The van der Waals surface area contributed by atoms with Crippen molar-refractivity contribution >= 4 is 34.7 Å². The first-order valence-corrected chi connectivity index (χ1v) is 8.66. The molecule has 0 fully saturated rings. The van der Waals surface area contributed by atoms with Gasteiger partial charge in [0.2, 0.25) is 5.95 Å². The van der Waals surface area contributed by atoms with Crippen molar-refractivity contribution in [2.24, 2.45) is 7.05 Å². The highest BCUT2D eigenvalue weighted by molar-refractivity contribution is 5.90. The van der Waals surface area contributed by atoms with E-state index in [1.165, 1.54) is 37.1 Å². The number of carbonyl (C=O) groups is 1. The van der Waals surface area contributed by atoms with Gasteiger partial charge in [-0.25, -0.2) is 14.8 Å². The highest BCUT2D eigenvalue weighted by Crippen LogP contribution is 2.29. The molecule has 3 rings (SSSR count). The maximum atomic E-state index is 12.5. The quantitative estimate of drug-likeness (QED) is 0.653. The van der Waals surface area contributed by atoms with Crippen molar-refractivity contribution in [2.45, 2.75) is 6.92 Å². The van der Waals surface area contributed by atoms with Crippen LogP contribution in [0.1, 0.15) is 22.8 Å². The van der Waals surface area contributed by atoms with Gasteiger partial charge in [0, 0.05) is 7.05 Å². The lowest BCUT2D eigenvalue weighted by atomic mass is 10.1. The minimum atomic E-state index is -1.05. The Morgan fingerprint density at radius 1 is 1.28 bits per heavy atom. The lowest BCUT2D eigenvalue weighted by Gasteiger charge is -2.14. The Hall–Kier alpha value is -3.88. The lowest BCUT2D eigenvalue weighted by Crippen LogP contribution is -2.21. The van der Waals surface area contributed by atoms with E-state index in [1.807, 2.05) is 6.92 Å². The van der Waals surface area contributed by atoms with Gasteiger partial charge in [0.25, 0.3) is 5.56 Å². The first-order valence-electron chi connectivity index (χ1n) is 8.66. The van der Waals surface area contributed by atoms with Crippen LogP contribution in [0.25, 0.3) is 17.1 Å². The number of aromatic nitrogens is 3. The summed E-state index contributed by atoms with van der Waals surface area (Å²) in [5, 5.41) is 12.2. The number of methoxy groups -OCH3 is 2. The summed E-state index contributed by atoms with van der Waals surface area (Å²) < 4.78 is 12.0. The van der Waals surface area contributed by atoms with Crippen LogP contribution >= 0.6 is 0 Å². The Bertz CT molecular complexity index is 1180. The van der Waals surface area contributed by atoms with Crippen LogP contribution in [0, 0.1) is 0 Å². The second kappa shape index (κ2) is 8.01. The van der Waals surface area contributed by atoms with Crippen LogP contribution in [0.4, 0.5) is 11.6 Å². The zero-order valence-corrected chi connectivity index (χ0v) is 16.4. The normalized spacial score (nSPS) is 11.0. The van der Waals surface area contributed by atoms with E-state index in [0.717, 1.165) is 0 Å². The summed E-state index contributed by atoms with van der Waals surface area (Å²) in [7, 11) is 4.50. The Kier molecular flexibility index (Phi) is 5.49. The van der Waals surface area contributed by atoms with Gasteiger partial charge in [0.1, 0.15) is 11.3 Å². The number of nitrogens with one attached hydrogen (secondary N) is 1. The molecule has 2 heterocycles. The molecular weight excluding hydrogens is 376 g/mol. The molecule has 0 aliphatic carbocycles. The van der Waals surface area contributed by atoms with Gasteiger partial charge in [-0.05, 0) is 25.1 Å². The molecule has 0 saturated carbocycles. The number of fused-ring (bicyclic) bond motifs is 1. The maximum Gasteiger partial charge on any atom is 0.335 e. The first kappa shape index (κ1) is 19.9. The molecule has 0 radical (unpaired) electrons. The average Bonchev–Trinajstić information content (AvgIpc) is 2.72. The van der Waals surface area contributed by atoms with Crippen molar-refractivity contribution in [3.63, 3.8) is 0 Å². The summed E-state index contributed by atoms with van der Waals surface area (Å²) >= 11 is 0. The standard InChI is InChI=1S/C20H20N4O5/c1-5-6-12-16-14(24(2)18(25)17(12)29-4)10-21-20(23-16)22-13-8-7-11(19(26)27)9-15(13)28-3/h5-10H,1-4H3,(H,26,27)(H,21,22,23)/b6-5+. The van der Waals surface area contributed by atoms with Crippen molar-refractivity contribution < 1.29 is 19.4 Å². The number of rotatable bonds is 6. The van der Waals surface area contributed by atoms with Gasteiger partial charge in [0.15, 0.2) is 5.75 Å². The molecular formula is C20H20N4O5. The number of ether oxygens (including phenoxy) is 2. The fourth-order valence-electron chi connectivity index (χ4n) is 2.93. The molecule has 2 aromatic heterocycles. The molecule has 9 nitrogen and oxygen atoms in total. The molecule has 0 bridgehead atoms. The van der Waals surface area contributed by atoms with Crippen LogP contribution in [-0.2, 0) is 7.05 Å². The molecule has 29 heavy (non-hydrogen) atoms. The molecule has 0 unspecified atom stereocenters. The highest BCUT2D eigenvalue weighted by Gasteiger charge is 2.17. The Labute approximate surface area is 166 Å². The topological polar surface area (TPSA) is 116 Å². The summed E-state index contributed by atoms with van der Waals surface area (Å²) in [4.78, 5) is 32.5. The summed E-state index contributed by atoms with van der Waals surface area (Å²) in [6.45, 7) is 1.83. The van der Waals surface area contributed by atoms with Gasteiger partial charge in [0.05, 0.1) is 42.7 Å². The Morgan fingerprint density at radius 3 is 2.66 bits per heavy atom. The van der Waals surface area contributed by atoms with Gasteiger partial charge in [-0.2, -0.15) is 0 Å². The van der Waals surface area contributed by atoms with Gasteiger partial charge in [-0.1, -0.05) is 12.2 Å². The molecule has 3 aromatic rings. The molecule has 0 amide bonds. The number of hydrogen-bond acceptors (Lipinski definition) is 7. The number of carboxylic acid groups (broad SMARTS) is 1. The van der Waals surface area contributed by atoms with Crippen molar-refractivity contribution in [1.82, 2.24) is 14.5 Å². The van der Waals surface area contributed by atoms with Gasteiger partial charge >= 0.3 is 5.97 Å². The van der Waals surface area contributed by atoms with E-state index in [1.54, 1.807) is 25.3 Å². The molecule has 0 aliphatic rings. The van der Waals surface area contributed by atoms with E-state index in [4.69, 9.17) is 14.6 Å². The van der Waals surface area contributed by atoms with Crippen molar-refractivity contribution in [3.8, 4) is 11.5 Å². The molecule has 0 saturated heterocycles. The van der Waals surface area contributed by atoms with Crippen LogP contribution in [0.2, 0.25) is 0 Å². The van der Waals surface area contributed by atoms with Gasteiger partial charge in [-0.15, -0.1) is 0 Å². The minimum absolute atomic E-state index is 0.0990. The van der Waals surface area contributed by atoms with E-state index in [-0.39, 0.29) is 22.8 Å². The lowest BCUT2D eigenvalue weighted by molar-refractivity contribution is 0.0696. The van der Waals surface area contributed by atoms with Crippen molar-refractivity contribution in [2.75, 3.05) is 19.5 Å². The number of hydrogen-bond donors (Lipinski definition) is 2. The number of benzene rings is 1. The smallest absolute Gasteiger partial charge is 0.335 e. The number of pyridine rings is 1. The van der Waals surface area contributed by atoms with E-state index < -0.39 is 5.97 Å². The maximum absolute atomic E-state index is 12.5. The largest absolute Gasteiger partial charge is 0.495 e. The number of carboxylic acids is 1. The number of allylic oxidation sites excluding steroid dienone is 1. The highest BCUT2D eigenvalue weighted by atomic mass is 16.5. The zero-order chi connectivity index (χ0) is 21.1. The molecule has 150 valence electrons. The Morgan fingerprint density at radius 2 is 2.03 bits per heavy atom. The summed E-state index contributed by atoms with van der Waals surface area (Å²) in [5.74, 6) is -0.280. The number of anilines is 2. The van der Waals surface area contributed by atoms with Crippen molar-refractivity contribution in [1.29, 1.82) is 0 Å². The van der Waals surface area contributed by atoms with E-state index in [0.29, 0.717) is 28.0 Å². The molecule has 0 atom stereocenters. The SMILES string of the molecule is C/C=C/c1c(OC)c(=O)n(C)c2cnc(Nc3ccc(C(=O)O)cc3OC)nc12. The minimum Gasteiger partial charge on any atom is -0.495 e. The van der Waals surface area contributed by atoms with E-state index >= 15 is 0 Å². The van der Waals surface area contributed by atoms with Crippen LogP contribution in [0.3, 0.4) is 0 Å². The number of aromatic carboxylic acids is 1. The van der Waals surface area contributed by atoms with Crippen molar-refractivity contribution in [3.05, 3.63) is 52.0 Å². The third-order valence-electron chi connectivity index (χ3n) is 4.36. The molecule has 0 spiro atoms. The monoisotopic (exact) mass is 396 g/mol. The van der Waals surface area contributed by atoms with Gasteiger partial charge in [-0.3, -0.25) is 4.79 Å². The fourth-order valence-corrected chi connectivity index (χ4v) is 2.93. The summed E-state index contributed by atoms with van der Waals surface area (Å²) in [6.07, 6.45) is 5.08. The molecule has 0 aliphatic heterocycles. The van der Waals surface area contributed by atoms with Crippen LogP contribution in [-0.4, -0.2) is 39.8 Å². The number of nitrogens with zero attached hydrogens (tertiary/aromatic N) is 3. The second-order valence-corrected chi connectivity index (χ2v) is 6.08. The first-order chi connectivity index (χ1) is 13.9. The number of aryl methyl sites for hydroxylation is 1. The summed E-state index contributed by atoms with van der Waals surface area (Å²) in [5.41, 5.74) is 1.93. The predicted octanol–water partition coefficient (Wildman–Crippen LogP) is 2.82. The fraction of sp³-hybridized carbons (Fsp3) is 0.200. The zero-order valence-electron chi connectivity index (χ0n) is 16.4. The van der Waals surface area contributed by atoms with Crippen LogP contribution in [0.15, 0.2) is 35.3 Å². The van der Waals surface area contributed by atoms with Crippen LogP contribution < -0.4 is 20.3 Å².